The number of aromatic nitrogens is 2. The van der Waals surface area contributed by atoms with Crippen LogP contribution in [0.25, 0.3) is 0 Å². The van der Waals surface area contributed by atoms with E-state index in [4.69, 9.17) is 9.47 Å². The molecule has 6 nitrogen and oxygen atoms in total. The summed E-state index contributed by atoms with van der Waals surface area (Å²) >= 11 is 0. The second kappa shape index (κ2) is 8.71. The molecule has 1 unspecified atom stereocenters. The fourth-order valence-electron chi connectivity index (χ4n) is 2.05. The minimum absolute atomic E-state index is 0.221. The van der Waals surface area contributed by atoms with Crippen LogP contribution >= 0.6 is 0 Å². The van der Waals surface area contributed by atoms with Crippen molar-refractivity contribution < 1.29 is 9.47 Å². The van der Waals surface area contributed by atoms with Gasteiger partial charge in [0.05, 0.1) is 19.3 Å². The maximum absolute atomic E-state index is 5.25. The molecule has 1 heterocycles. The Morgan fingerprint density at radius 2 is 2.05 bits per heavy atom. The standard InChI is InChI=1S/C14H26N4O2/c1-6-15-13-9-14(17-12(3)16-13)18(7-8-19-4)11(2)10-20-5/h9,11H,6-8,10H2,1-5H3,(H,15,16,17). The van der Waals surface area contributed by atoms with Gasteiger partial charge in [-0.1, -0.05) is 0 Å². The van der Waals surface area contributed by atoms with Crippen molar-refractivity contribution >= 4 is 11.6 Å². The molecule has 0 fully saturated rings. The van der Waals surface area contributed by atoms with Crippen LogP contribution in [-0.4, -0.2) is 56.5 Å². The van der Waals surface area contributed by atoms with Crippen LogP contribution in [0, 0.1) is 6.92 Å². The summed E-state index contributed by atoms with van der Waals surface area (Å²) in [6.07, 6.45) is 0. The van der Waals surface area contributed by atoms with E-state index < -0.39 is 0 Å². The Hall–Kier alpha value is -1.40. The molecule has 0 amide bonds. The molecule has 1 aromatic heterocycles. The highest BCUT2D eigenvalue weighted by Crippen LogP contribution is 2.18. The van der Waals surface area contributed by atoms with E-state index in [0.29, 0.717) is 13.2 Å². The van der Waals surface area contributed by atoms with Gasteiger partial charge in [0.25, 0.3) is 0 Å². The molecule has 1 aromatic rings. The zero-order chi connectivity index (χ0) is 15.0. The molecular formula is C14H26N4O2. The SMILES string of the molecule is CCNc1cc(N(CCOC)C(C)COC)nc(C)n1. The molecule has 0 aromatic carbocycles. The molecule has 0 aliphatic heterocycles. The van der Waals surface area contributed by atoms with E-state index in [1.807, 2.05) is 19.9 Å². The van der Waals surface area contributed by atoms with Crippen molar-refractivity contribution in [3.63, 3.8) is 0 Å². The minimum Gasteiger partial charge on any atom is -0.383 e. The minimum atomic E-state index is 0.221. The van der Waals surface area contributed by atoms with Crippen molar-refractivity contribution in [2.24, 2.45) is 0 Å². The van der Waals surface area contributed by atoms with E-state index in [0.717, 1.165) is 30.5 Å². The van der Waals surface area contributed by atoms with Gasteiger partial charge in [-0.25, -0.2) is 9.97 Å². The number of rotatable bonds is 9. The fraction of sp³-hybridized carbons (Fsp3) is 0.714. The van der Waals surface area contributed by atoms with E-state index in [-0.39, 0.29) is 6.04 Å². The number of methoxy groups -OCH3 is 2. The number of nitrogens with one attached hydrogen (secondary N) is 1. The maximum atomic E-state index is 5.25. The van der Waals surface area contributed by atoms with Crippen molar-refractivity contribution in [2.45, 2.75) is 26.8 Å². The normalized spacial score (nSPS) is 12.2. The summed E-state index contributed by atoms with van der Waals surface area (Å²) in [6, 6.07) is 2.19. The smallest absolute Gasteiger partial charge is 0.134 e. The van der Waals surface area contributed by atoms with Gasteiger partial charge in [0.2, 0.25) is 0 Å². The van der Waals surface area contributed by atoms with Crippen LogP contribution in [0.4, 0.5) is 11.6 Å². The molecule has 1 rings (SSSR count). The third kappa shape index (κ3) is 4.94. The summed E-state index contributed by atoms with van der Waals surface area (Å²) in [5, 5.41) is 3.23. The van der Waals surface area contributed by atoms with Gasteiger partial charge in [-0.05, 0) is 20.8 Å². The first-order valence-electron chi connectivity index (χ1n) is 6.96. The summed E-state index contributed by atoms with van der Waals surface area (Å²) in [7, 11) is 3.41. The Morgan fingerprint density at radius 1 is 1.30 bits per heavy atom. The molecule has 0 radical (unpaired) electrons. The molecule has 0 aliphatic carbocycles. The summed E-state index contributed by atoms with van der Waals surface area (Å²) in [6.45, 7) is 8.96. The van der Waals surface area contributed by atoms with Gasteiger partial charge in [0.15, 0.2) is 0 Å². The maximum Gasteiger partial charge on any atom is 0.134 e. The van der Waals surface area contributed by atoms with Crippen molar-refractivity contribution in [3.8, 4) is 0 Å². The van der Waals surface area contributed by atoms with Crippen molar-refractivity contribution in [3.05, 3.63) is 11.9 Å². The molecule has 1 atom stereocenters. The number of nitrogens with zero attached hydrogens (tertiary/aromatic N) is 3. The van der Waals surface area contributed by atoms with Crippen LogP contribution in [0.3, 0.4) is 0 Å². The van der Waals surface area contributed by atoms with Crippen LogP contribution in [0.1, 0.15) is 19.7 Å². The van der Waals surface area contributed by atoms with Gasteiger partial charge in [-0.3, -0.25) is 0 Å². The zero-order valence-electron chi connectivity index (χ0n) is 13.1. The highest BCUT2D eigenvalue weighted by Gasteiger charge is 2.17. The van der Waals surface area contributed by atoms with Gasteiger partial charge in [0, 0.05) is 33.4 Å². The molecular weight excluding hydrogens is 256 g/mol. The molecule has 0 saturated heterocycles. The fourth-order valence-corrected chi connectivity index (χ4v) is 2.05. The highest BCUT2D eigenvalue weighted by molar-refractivity contribution is 5.50. The van der Waals surface area contributed by atoms with Gasteiger partial charge < -0.3 is 19.7 Å². The monoisotopic (exact) mass is 282 g/mol. The first-order valence-corrected chi connectivity index (χ1v) is 6.96. The number of hydrogen-bond donors (Lipinski definition) is 1. The van der Waals surface area contributed by atoms with Crippen LogP contribution in [-0.2, 0) is 9.47 Å². The Morgan fingerprint density at radius 3 is 2.65 bits per heavy atom. The Balaban J connectivity index is 2.98. The molecule has 114 valence electrons. The van der Waals surface area contributed by atoms with Gasteiger partial charge in [-0.2, -0.15) is 0 Å². The summed E-state index contributed by atoms with van der Waals surface area (Å²) in [5.41, 5.74) is 0. The molecule has 6 heteroatoms. The van der Waals surface area contributed by atoms with E-state index >= 15 is 0 Å². The van der Waals surface area contributed by atoms with E-state index in [9.17, 15) is 0 Å². The molecule has 1 N–H and O–H groups in total. The zero-order valence-corrected chi connectivity index (χ0v) is 13.1. The van der Waals surface area contributed by atoms with Crippen molar-refractivity contribution in [1.29, 1.82) is 0 Å². The van der Waals surface area contributed by atoms with E-state index in [2.05, 4.69) is 27.1 Å². The summed E-state index contributed by atoms with van der Waals surface area (Å²) in [5.74, 6) is 2.50. The number of anilines is 2. The molecule has 0 bridgehead atoms. The Kier molecular flexibility index (Phi) is 7.25. The lowest BCUT2D eigenvalue weighted by atomic mass is 10.3. The quantitative estimate of drug-likeness (QED) is 0.744. The lowest BCUT2D eigenvalue weighted by Crippen LogP contribution is -2.39. The lowest BCUT2D eigenvalue weighted by molar-refractivity contribution is 0.170. The largest absolute Gasteiger partial charge is 0.383 e. The van der Waals surface area contributed by atoms with Crippen molar-refractivity contribution in [1.82, 2.24) is 9.97 Å². The number of ether oxygens (including phenoxy) is 2. The Bertz CT molecular complexity index is 401. The van der Waals surface area contributed by atoms with Crippen LogP contribution in [0.15, 0.2) is 6.07 Å². The second-order valence-corrected chi connectivity index (χ2v) is 4.68. The third-order valence-corrected chi connectivity index (χ3v) is 2.95. The molecule has 0 saturated carbocycles. The third-order valence-electron chi connectivity index (χ3n) is 2.95. The second-order valence-electron chi connectivity index (χ2n) is 4.68. The number of aryl methyl sites for hydroxylation is 1. The predicted octanol–water partition coefficient (Wildman–Crippen LogP) is 1.70. The highest BCUT2D eigenvalue weighted by atomic mass is 16.5. The average molecular weight is 282 g/mol. The predicted molar refractivity (Wildman–Crippen MR) is 81.5 cm³/mol. The number of hydrogen-bond acceptors (Lipinski definition) is 6. The average Bonchev–Trinajstić information content (AvgIpc) is 2.39. The van der Waals surface area contributed by atoms with E-state index in [1.165, 1.54) is 0 Å². The molecule has 0 aliphatic rings. The first-order chi connectivity index (χ1) is 9.62. The van der Waals surface area contributed by atoms with Crippen LogP contribution in [0.5, 0.6) is 0 Å². The van der Waals surface area contributed by atoms with Gasteiger partial charge >= 0.3 is 0 Å². The lowest BCUT2D eigenvalue weighted by Gasteiger charge is -2.30. The summed E-state index contributed by atoms with van der Waals surface area (Å²) < 4.78 is 10.4. The first kappa shape index (κ1) is 16.7. The van der Waals surface area contributed by atoms with E-state index in [1.54, 1.807) is 14.2 Å². The van der Waals surface area contributed by atoms with Gasteiger partial charge in [0.1, 0.15) is 17.5 Å². The topological polar surface area (TPSA) is 59.5 Å². The van der Waals surface area contributed by atoms with Crippen LogP contribution < -0.4 is 10.2 Å². The summed E-state index contributed by atoms with van der Waals surface area (Å²) in [4.78, 5) is 11.1. The van der Waals surface area contributed by atoms with Gasteiger partial charge in [-0.15, -0.1) is 0 Å². The van der Waals surface area contributed by atoms with Crippen molar-refractivity contribution in [2.75, 3.05) is 50.7 Å². The Labute approximate surface area is 121 Å². The molecule has 20 heavy (non-hydrogen) atoms. The molecule has 0 spiro atoms. The van der Waals surface area contributed by atoms with Crippen LogP contribution in [0.2, 0.25) is 0 Å².